The van der Waals surface area contributed by atoms with Gasteiger partial charge in [0.1, 0.15) is 0 Å². The lowest BCUT2D eigenvalue weighted by molar-refractivity contribution is 0.0989. The van der Waals surface area contributed by atoms with Crippen LogP contribution in [-0.4, -0.2) is 11.6 Å². The van der Waals surface area contributed by atoms with Crippen molar-refractivity contribution < 1.29 is 9.59 Å². The molecule has 0 saturated heterocycles. The van der Waals surface area contributed by atoms with Gasteiger partial charge < -0.3 is 4.90 Å². The minimum absolute atomic E-state index is 0.00345. The number of Topliss-reactive ketones (excluding diaryl/α,β-unsaturated/α-hetero) is 2. The van der Waals surface area contributed by atoms with E-state index in [1.165, 1.54) is 27.5 Å². The van der Waals surface area contributed by atoms with E-state index in [0.717, 1.165) is 53.9 Å². The van der Waals surface area contributed by atoms with Crippen molar-refractivity contribution in [3.63, 3.8) is 0 Å². The molecule has 3 nitrogen and oxygen atoms in total. The number of nitrogens with zero attached hydrogens (tertiary/aromatic N) is 1. The van der Waals surface area contributed by atoms with E-state index in [1.807, 2.05) is 6.08 Å². The molecular weight excluding hydrogens is 668 g/mol. The number of hydrogen-bond donors (Lipinski definition) is 0. The molecular formula is C40H35Cl4NO2. The van der Waals surface area contributed by atoms with Gasteiger partial charge in [-0.3, -0.25) is 9.59 Å². The number of benzene rings is 4. The summed E-state index contributed by atoms with van der Waals surface area (Å²) in [5.41, 5.74) is 9.06. The number of fused-ring (bicyclic) bond motifs is 5. The van der Waals surface area contributed by atoms with Gasteiger partial charge in [-0.2, -0.15) is 0 Å². The Hall–Kier alpha value is -3.08. The van der Waals surface area contributed by atoms with Gasteiger partial charge in [0.15, 0.2) is 11.6 Å². The fourth-order valence-corrected chi connectivity index (χ4v) is 9.39. The maximum atomic E-state index is 13.8. The Balaban J connectivity index is 1.55. The predicted octanol–water partition coefficient (Wildman–Crippen LogP) is 12.5. The standard InChI is InChI=1S/C40H35Cl4NO2/c1-20-17-21(2)36(22(3)18-20)45-27-19-26(39(4,5)6)23-11-7-8-12-24(23)31(27)40(15-9-10-16-40)28(45)14-13-25-37(46)29-30(38(25)47)33(42)35(44)34(43)32(29)41/h7-8,11-14,17-19H,9-10,15-16H2,1-6H3/b28-14-. The van der Waals surface area contributed by atoms with Gasteiger partial charge >= 0.3 is 0 Å². The zero-order chi connectivity index (χ0) is 33.7. The lowest BCUT2D eigenvalue weighted by Gasteiger charge is -2.32. The van der Waals surface area contributed by atoms with E-state index in [0.29, 0.717) is 0 Å². The summed E-state index contributed by atoms with van der Waals surface area (Å²) in [7, 11) is 0. The average molecular weight is 704 g/mol. The van der Waals surface area contributed by atoms with Crippen molar-refractivity contribution in [2.45, 2.75) is 78.1 Å². The lowest BCUT2D eigenvalue weighted by Crippen LogP contribution is -2.27. The van der Waals surface area contributed by atoms with Crippen LogP contribution in [0.4, 0.5) is 11.4 Å². The molecule has 240 valence electrons. The number of allylic oxidation sites excluding steroid dienone is 4. The van der Waals surface area contributed by atoms with E-state index in [1.54, 1.807) is 6.08 Å². The third-order valence-corrected chi connectivity index (χ3v) is 12.0. The Morgan fingerprint density at radius 3 is 1.81 bits per heavy atom. The molecule has 1 heterocycles. The zero-order valence-electron chi connectivity index (χ0n) is 27.3. The third kappa shape index (κ3) is 4.68. The first-order valence-electron chi connectivity index (χ1n) is 16.0. The number of carbonyl (C=O) groups is 2. The molecule has 1 spiro atoms. The predicted molar refractivity (Wildman–Crippen MR) is 197 cm³/mol. The summed E-state index contributed by atoms with van der Waals surface area (Å²) in [6, 6.07) is 15.6. The van der Waals surface area contributed by atoms with Gasteiger partial charge in [0.2, 0.25) is 0 Å². The second kappa shape index (κ2) is 11.2. The van der Waals surface area contributed by atoms with Crippen LogP contribution in [0.5, 0.6) is 0 Å². The Bertz CT molecular complexity index is 2070. The highest BCUT2D eigenvalue weighted by molar-refractivity contribution is 6.57. The first-order chi connectivity index (χ1) is 22.2. The first kappa shape index (κ1) is 32.5. The van der Waals surface area contributed by atoms with Crippen molar-refractivity contribution >= 4 is 80.1 Å². The van der Waals surface area contributed by atoms with Crippen molar-refractivity contribution in [2.75, 3.05) is 4.90 Å². The number of aryl methyl sites for hydroxylation is 3. The molecule has 0 radical (unpaired) electrons. The largest absolute Gasteiger partial charge is 0.312 e. The summed E-state index contributed by atoms with van der Waals surface area (Å²) in [4.78, 5) is 30.1. The van der Waals surface area contributed by atoms with Crippen molar-refractivity contribution in [2.24, 2.45) is 0 Å². The molecule has 4 aromatic carbocycles. The minimum atomic E-state index is -0.502. The van der Waals surface area contributed by atoms with Crippen molar-refractivity contribution in [3.05, 3.63) is 125 Å². The van der Waals surface area contributed by atoms with E-state index in [2.05, 4.69) is 88.9 Å². The van der Waals surface area contributed by atoms with E-state index >= 15 is 0 Å². The molecule has 0 unspecified atom stereocenters. The number of halogens is 4. The molecule has 7 heteroatoms. The van der Waals surface area contributed by atoms with Crippen molar-refractivity contribution in [1.29, 1.82) is 0 Å². The maximum Gasteiger partial charge on any atom is 0.199 e. The Morgan fingerprint density at radius 2 is 1.28 bits per heavy atom. The van der Waals surface area contributed by atoms with Crippen LogP contribution >= 0.6 is 46.4 Å². The molecule has 0 atom stereocenters. The molecule has 47 heavy (non-hydrogen) atoms. The highest BCUT2D eigenvalue weighted by atomic mass is 35.5. The summed E-state index contributed by atoms with van der Waals surface area (Å²) in [5.74, 6) is -1.00. The summed E-state index contributed by atoms with van der Waals surface area (Å²) >= 11 is 25.6. The second-order valence-corrected chi connectivity index (χ2v) is 15.8. The topological polar surface area (TPSA) is 37.4 Å². The van der Waals surface area contributed by atoms with E-state index in [4.69, 9.17) is 46.4 Å². The molecule has 0 amide bonds. The average Bonchev–Trinajstić information content (AvgIpc) is 3.67. The fraction of sp³-hybridized carbons (Fsp3) is 0.300. The molecule has 1 aliphatic heterocycles. The molecule has 0 aromatic heterocycles. The van der Waals surface area contributed by atoms with Crippen LogP contribution < -0.4 is 4.90 Å². The van der Waals surface area contributed by atoms with E-state index < -0.39 is 11.6 Å². The molecule has 0 N–H and O–H groups in total. The second-order valence-electron chi connectivity index (χ2n) is 14.3. The first-order valence-corrected chi connectivity index (χ1v) is 17.5. The van der Waals surface area contributed by atoms with Gasteiger partial charge in [-0.05, 0) is 90.3 Å². The van der Waals surface area contributed by atoms with Crippen LogP contribution in [0.1, 0.15) is 95.0 Å². The van der Waals surface area contributed by atoms with Crippen LogP contribution in [-0.2, 0) is 10.8 Å². The SMILES string of the molecule is Cc1cc(C)c(N2/C(=C\C=C3C(=O)c4c(Cl)c(Cl)c(Cl)c(Cl)c4C3=O)C3(CCCC3)c3c2cc(C(C)(C)C)c2ccccc32)c(C)c1. The van der Waals surface area contributed by atoms with Gasteiger partial charge in [0, 0.05) is 11.1 Å². The highest BCUT2D eigenvalue weighted by Crippen LogP contribution is 2.62. The third-order valence-electron chi connectivity index (χ3n) is 10.2. The highest BCUT2D eigenvalue weighted by Gasteiger charge is 2.51. The Labute approximate surface area is 296 Å². The van der Waals surface area contributed by atoms with Crippen LogP contribution in [0.2, 0.25) is 20.1 Å². The number of carbonyl (C=O) groups excluding carboxylic acids is 2. The summed E-state index contributed by atoms with van der Waals surface area (Å²) in [6.07, 6.45) is 7.73. The Kier molecular flexibility index (Phi) is 7.76. The normalized spacial score (nSPS) is 17.9. The van der Waals surface area contributed by atoms with Gasteiger partial charge in [-0.1, -0.05) is 122 Å². The monoisotopic (exact) mass is 701 g/mol. The molecule has 3 aliphatic rings. The zero-order valence-corrected chi connectivity index (χ0v) is 30.3. The van der Waals surface area contributed by atoms with Crippen LogP contribution in [0.3, 0.4) is 0 Å². The molecule has 1 saturated carbocycles. The van der Waals surface area contributed by atoms with Crippen molar-refractivity contribution in [3.8, 4) is 0 Å². The van der Waals surface area contributed by atoms with E-state index in [9.17, 15) is 9.59 Å². The number of ketones is 2. The van der Waals surface area contributed by atoms with Gasteiger partial charge in [0.25, 0.3) is 0 Å². The van der Waals surface area contributed by atoms with Crippen LogP contribution in [0.15, 0.2) is 65.9 Å². The molecule has 1 fully saturated rings. The van der Waals surface area contributed by atoms with Crippen LogP contribution in [0, 0.1) is 20.8 Å². The van der Waals surface area contributed by atoms with Gasteiger partial charge in [-0.15, -0.1) is 0 Å². The maximum absolute atomic E-state index is 13.8. The fourth-order valence-electron chi connectivity index (χ4n) is 8.36. The molecule has 2 aliphatic carbocycles. The lowest BCUT2D eigenvalue weighted by atomic mass is 9.73. The quantitative estimate of drug-likeness (QED) is 0.0903. The summed E-state index contributed by atoms with van der Waals surface area (Å²) in [6.45, 7) is 13.2. The molecule has 4 aromatic rings. The number of anilines is 2. The van der Waals surface area contributed by atoms with E-state index in [-0.39, 0.29) is 47.6 Å². The summed E-state index contributed by atoms with van der Waals surface area (Å²) in [5, 5.41) is 2.33. The van der Waals surface area contributed by atoms with Crippen molar-refractivity contribution in [1.82, 2.24) is 0 Å². The van der Waals surface area contributed by atoms with Gasteiger partial charge in [-0.25, -0.2) is 0 Å². The molecule has 0 bridgehead atoms. The smallest absolute Gasteiger partial charge is 0.199 e. The minimum Gasteiger partial charge on any atom is -0.312 e. The number of rotatable bonds is 2. The van der Waals surface area contributed by atoms with Crippen LogP contribution in [0.25, 0.3) is 10.8 Å². The van der Waals surface area contributed by atoms with Gasteiger partial charge in [0.05, 0.1) is 48.2 Å². The Morgan fingerprint density at radius 1 is 0.745 bits per heavy atom. The number of hydrogen-bond acceptors (Lipinski definition) is 3. The summed E-state index contributed by atoms with van der Waals surface area (Å²) < 4.78 is 0. The molecule has 7 rings (SSSR count).